The van der Waals surface area contributed by atoms with Crippen molar-refractivity contribution in [1.82, 2.24) is 4.98 Å². The van der Waals surface area contributed by atoms with Crippen LogP contribution in [0.5, 0.6) is 0 Å². The fraction of sp³-hybridized carbons (Fsp3) is 0.200. The Morgan fingerprint density at radius 2 is 2.00 bits per heavy atom. The SMILES string of the molecule is Cc1ccc(N(C)c2nccc(C#N)c2Cl)c(C)c1. The van der Waals surface area contributed by atoms with Crippen molar-refractivity contribution in [3.63, 3.8) is 0 Å². The molecular weight excluding hydrogens is 258 g/mol. The van der Waals surface area contributed by atoms with Crippen molar-refractivity contribution in [3.05, 3.63) is 52.2 Å². The number of hydrogen-bond acceptors (Lipinski definition) is 3. The number of anilines is 2. The van der Waals surface area contributed by atoms with E-state index in [1.807, 2.05) is 31.0 Å². The largest absolute Gasteiger partial charge is 0.328 e. The maximum absolute atomic E-state index is 9.01. The molecule has 4 heteroatoms. The van der Waals surface area contributed by atoms with E-state index in [2.05, 4.69) is 24.0 Å². The third-order valence-electron chi connectivity index (χ3n) is 3.02. The summed E-state index contributed by atoms with van der Waals surface area (Å²) in [5.41, 5.74) is 3.81. The van der Waals surface area contributed by atoms with E-state index in [4.69, 9.17) is 16.9 Å². The molecule has 0 saturated heterocycles. The lowest BCUT2D eigenvalue weighted by atomic mass is 10.1. The van der Waals surface area contributed by atoms with Gasteiger partial charge in [0.25, 0.3) is 0 Å². The Labute approximate surface area is 118 Å². The minimum absolute atomic E-state index is 0.382. The van der Waals surface area contributed by atoms with Gasteiger partial charge >= 0.3 is 0 Å². The summed E-state index contributed by atoms with van der Waals surface area (Å²) in [6, 6.07) is 9.86. The molecule has 0 bridgehead atoms. The molecule has 0 N–H and O–H groups in total. The molecule has 2 aromatic rings. The van der Waals surface area contributed by atoms with Gasteiger partial charge in [-0.1, -0.05) is 29.3 Å². The van der Waals surface area contributed by atoms with Crippen LogP contribution >= 0.6 is 11.6 Å². The smallest absolute Gasteiger partial charge is 0.152 e. The summed E-state index contributed by atoms with van der Waals surface area (Å²) in [5.74, 6) is 0.590. The number of aromatic nitrogens is 1. The minimum atomic E-state index is 0.382. The molecule has 1 heterocycles. The molecule has 0 aliphatic rings. The highest BCUT2D eigenvalue weighted by Gasteiger charge is 2.14. The Morgan fingerprint density at radius 1 is 1.26 bits per heavy atom. The van der Waals surface area contributed by atoms with Crippen LogP contribution in [0.2, 0.25) is 5.02 Å². The first-order chi connectivity index (χ1) is 9.04. The molecule has 0 amide bonds. The number of halogens is 1. The molecule has 96 valence electrons. The Bertz CT molecular complexity index is 659. The van der Waals surface area contributed by atoms with Crippen LogP contribution in [0.4, 0.5) is 11.5 Å². The molecule has 0 saturated carbocycles. The molecule has 0 radical (unpaired) electrons. The van der Waals surface area contributed by atoms with Crippen molar-refractivity contribution in [2.24, 2.45) is 0 Å². The van der Waals surface area contributed by atoms with Crippen LogP contribution in [0.3, 0.4) is 0 Å². The fourth-order valence-electron chi connectivity index (χ4n) is 2.05. The molecule has 1 aromatic heterocycles. The van der Waals surface area contributed by atoms with Crippen molar-refractivity contribution in [1.29, 1.82) is 5.26 Å². The quantitative estimate of drug-likeness (QED) is 0.829. The zero-order chi connectivity index (χ0) is 14.0. The Kier molecular flexibility index (Phi) is 3.73. The molecule has 0 aliphatic heterocycles. The topological polar surface area (TPSA) is 39.9 Å². The summed E-state index contributed by atoms with van der Waals surface area (Å²) in [6.45, 7) is 4.10. The summed E-state index contributed by atoms with van der Waals surface area (Å²) in [7, 11) is 1.90. The third kappa shape index (κ3) is 2.54. The highest BCUT2D eigenvalue weighted by Crippen LogP contribution is 2.32. The molecule has 0 unspecified atom stereocenters. The molecule has 0 fully saturated rings. The summed E-state index contributed by atoms with van der Waals surface area (Å²) >= 11 is 6.21. The number of rotatable bonds is 2. The fourth-order valence-corrected chi connectivity index (χ4v) is 2.33. The molecule has 0 atom stereocenters. The minimum Gasteiger partial charge on any atom is -0.328 e. The molecule has 0 aliphatic carbocycles. The van der Waals surface area contributed by atoms with Gasteiger partial charge in [-0.2, -0.15) is 5.26 Å². The molecule has 1 aromatic carbocycles. The second kappa shape index (κ2) is 5.29. The van der Waals surface area contributed by atoms with Gasteiger partial charge < -0.3 is 4.90 Å². The maximum Gasteiger partial charge on any atom is 0.152 e. The lowest BCUT2D eigenvalue weighted by Crippen LogP contribution is -2.13. The monoisotopic (exact) mass is 271 g/mol. The van der Waals surface area contributed by atoms with Gasteiger partial charge in [0, 0.05) is 18.9 Å². The third-order valence-corrected chi connectivity index (χ3v) is 3.40. The van der Waals surface area contributed by atoms with Crippen LogP contribution in [0, 0.1) is 25.2 Å². The first-order valence-electron chi connectivity index (χ1n) is 5.90. The van der Waals surface area contributed by atoms with Crippen LogP contribution in [-0.4, -0.2) is 12.0 Å². The van der Waals surface area contributed by atoms with Crippen LogP contribution in [-0.2, 0) is 0 Å². The van der Waals surface area contributed by atoms with Crippen LogP contribution in [0.15, 0.2) is 30.5 Å². The molecule has 19 heavy (non-hydrogen) atoms. The number of benzene rings is 1. The molecule has 3 nitrogen and oxygen atoms in total. The van der Waals surface area contributed by atoms with E-state index in [0.29, 0.717) is 16.4 Å². The van der Waals surface area contributed by atoms with Gasteiger partial charge in [0.05, 0.1) is 5.56 Å². The highest BCUT2D eigenvalue weighted by molar-refractivity contribution is 6.34. The Morgan fingerprint density at radius 3 is 2.63 bits per heavy atom. The number of pyridine rings is 1. The Hall–Kier alpha value is -2.05. The summed E-state index contributed by atoms with van der Waals surface area (Å²) < 4.78 is 0. The number of nitrogens with zero attached hydrogens (tertiary/aromatic N) is 3. The van der Waals surface area contributed by atoms with Crippen LogP contribution in [0.1, 0.15) is 16.7 Å². The van der Waals surface area contributed by atoms with Crippen molar-refractivity contribution < 1.29 is 0 Å². The van der Waals surface area contributed by atoms with E-state index < -0.39 is 0 Å². The normalized spacial score (nSPS) is 10.1. The van der Waals surface area contributed by atoms with E-state index in [-0.39, 0.29) is 0 Å². The second-order valence-electron chi connectivity index (χ2n) is 4.46. The number of aryl methyl sites for hydroxylation is 2. The van der Waals surface area contributed by atoms with Gasteiger partial charge in [-0.25, -0.2) is 4.98 Å². The zero-order valence-corrected chi connectivity index (χ0v) is 11.9. The predicted molar refractivity (Wildman–Crippen MR) is 77.9 cm³/mol. The van der Waals surface area contributed by atoms with Crippen molar-refractivity contribution >= 4 is 23.1 Å². The number of nitriles is 1. The average Bonchev–Trinajstić information content (AvgIpc) is 2.38. The van der Waals surface area contributed by atoms with Crippen LogP contribution < -0.4 is 4.90 Å². The standard InChI is InChI=1S/C15H14ClN3/c1-10-4-5-13(11(2)8-10)19(3)15-14(16)12(9-17)6-7-18-15/h4-8H,1-3H3. The molecule has 0 spiro atoms. The van der Waals surface area contributed by atoms with Gasteiger partial charge in [0.15, 0.2) is 5.82 Å². The zero-order valence-electron chi connectivity index (χ0n) is 11.1. The maximum atomic E-state index is 9.01. The van der Waals surface area contributed by atoms with Gasteiger partial charge in [-0.15, -0.1) is 0 Å². The number of hydrogen-bond donors (Lipinski definition) is 0. The van der Waals surface area contributed by atoms with Crippen molar-refractivity contribution in [3.8, 4) is 6.07 Å². The van der Waals surface area contributed by atoms with E-state index in [9.17, 15) is 0 Å². The first-order valence-corrected chi connectivity index (χ1v) is 6.28. The highest BCUT2D eigenvalue weighted by atomic mass is 35.5. The van der Waals surface area contributed by atoms with E-state index in [1.165, 1.54) is 5.56 Å². The van der Waals surface area contributed by atoms with Gasteiger partial charge in [-0.3, -0.25) is 0 Å². The summed E-state index contributed by atoms with van der Waals surface area (Å²) in [6.07, 6.45) is 1.60. The lowest BCUT2D eigenvalue weighted by molar-refractivity contribution is 1.11. The van der Waals surface area contributed by atoms with Gasteiger partial charge in [-0.05, 0) is 31.5 Å². The molecular formula is C15H14ClN3. The lowest BCUT2D eigenvalue weighted by Gasteiger charge is -2.22. The van der Waals surface area contributed by atoms with Gasteiger partial charge in [0.1, 0.15) is 11.1 Å². The predicted octanol–water partition coefficient (Wildman–Crippen LogP) is 3.99. The summed E-state index contributed by atoms with van der Waals surface area (Å²) in [5, 5.41) is 9.39. The van der Waals surface area contributed by atoms with E-state index in [1.54, 1.807) is 12.3 Å². The Balaban J connectivity index is 2.50. The van der Waals surface area contributed by atoms with Crippen molar-refractivity contribution in [2.75, 3.05) is 11.9 Å². The average molecular weight is 272 g/mol. The second-order valence-corrected chi connectivity index (χ2v) is 4.83. The van der Waals surface area contributed by atoms with Crippen LogP contribution in [0.25, 0.3) is 0 Å². The van der Waals surface area contributed by atoms with Gasteiger partial charge in [0.2, 0.25) is 0 Å². The molecule has 2 rings (SSSR count). The summed E-state index contributed by atoms with van der Waals surface area (Å²) in [4.78, 5) is 6.17. The first kappa shape index (κ1) is 13.4. The van der Waals surface area contributed by atoms with E-state index >= 15 is 0 Å². The van der Waals surface area contributed by atoms with Crippen molar-refractivity contribution in [2.45, 2.75) is 13.8 Å². The van der Waals surface area contributed by atoms with E-state index in [0.717, 1.165) is 11.3 Å².